The average Bonchev–Trinajstić information content (AvgIpc) is 2.40. The highest BCUT2D eigenvalue weighted by molar-refractivity contribution is 5.88. The predicted molar refractivity (Wildman–Crippen MR) is 70.4 cm³/mol. The number of rotatable bonds is 7. The van der Waals surface area contributed by atoms with Crippen LogP contribution >= 0.6 is 0 Å². The van der Waals surface area contributed by atoms with Crippen LogP contribution in [0.15, 0.2) is 24.5 Å². The Labute approximate surface area is 112 Å². The molecule has 2 N–H and O–H groups in total. The smallest absolute Gasteiger partial charge is 0.246 e. The Morgan fingerprint density at radius 2 is 2.05 bits per heavy atom. The first kappa shape index (κ1) is 15.1. The number of nitrogens with zero attached hydrogens (tertiary/aromatic N) is 1. The van der Waals surface area contributed by atoms with Crippen LogP contribution in [0.25, 0.3) is 0 Å². The van der Waals surface area contributed by atoms with Gasteiger partial charge in [-0.25, -0.2) is 0 Å². The lowest BCUT2D eigenvalue weighted by Gasteiger charge is -2.17. The molecule has 0 saturated heterocycles. The topological polar surface area (TPSA) is 80.3 Å². The van der Waals surface area contributed by atoms with Gasteiger partial charge in [-0.05, 0) is 24.6 Å². The standard InChI is InChI=1S/C13H19N3O3/c1-3-15-13(18)11(16-12(17)9-19-2)8-10-4-6-14-7-5-10/h4-7,11H,3,8-9H2,1-2H3,(H,15,18)(H,16,17)/t11-/m0/s1. The maximum atomic E-state index is 11.9. The molecule has 0 fully saturated rings. The molecule has 6 heteroatoms. The number of pyridine rings is 1. The first-order valence-corrected chi connectivity index (χ1v) is 6.12. The molecule has 1 heterocycles. The van der Waals surface area contributed by atoms with Crippen LogP contribution < -0.4 is 10.6 Å². The second kappa shape index (κ2) is 8.20. The SMILES string of the molecule is CCNC(=O)[C@H](Cc1ccncc1)NC(=O)COC. The number of methoxy groups -OCH3 is 1. The van der Waals surface area contributed by atoms with E-state index in [0.29, 0.717) is 13.0 Å². The van der Waals surface area contributed by atoms with Crippen LogP contribution in [0.5, 0.6) is 0 Å². The zero-order valence-corrected chi connectivity index (χ0v) is 11.2. The number of likely N-dealkylation sites (N-methyl/N-ethyl adjacent to an activating group) is 1. The lowest BCUT2D eigenvalue weighted by molar-refractivity contribution is -0.130. The van der Waals surface area contributed by atoms with Crippen LogP contribution in [0.3, 0.4) is 0 Å². The van der Waals surface area contributed by atoms with Crippen molar-refractivity contribution < 1.29 is 14.3 Å². The molecule has 0 aromatic carbocycles. The molecule has 0 aliphatic carbocycles. The maximum Gasteiger partial charge on any atom is 0.246 e. The first-order chi connectivity index (χ1) is 9.17. The Hall–Kier alpha value is -1.95. The van der Waals surface area contributed by atoms with Gasteiger partial charge in [0.2, 0.25) is 11.8 Å². The van der Waals surface area contributed by atoms with E-state index in [0.717, 1.165) is 5.56 Å². The van der Waals surface area contributed by atoms with Crippen LogP contribution in [0.4, 0.5) is 0 Å². The Balaban J connectivity index is 2.69. The number of carbonyl (C=O) groups excluding carboxylic acids is 2. The van der Waals surface area contributed by atoms with Crippen molar-refractivity contribution in [2.45, 2.75) is 19.4 Å². The van der Waals surface area contributed by atoms with Gasteiger partial charge in [-0.3, -0.25) is 14.6 Å². The highest BCUT2D eigenvalue weighted by Gasteiger charge is 2.20. The van der Waals surface area contributed by atoms with Crippen molar-refractivity contribution in [2.75, 3.05) is 20.3 Å². The molecule has 104 valence electrons. The van der Waals surface area contributed by atoms with Gasteiger partial charge in [0.05, 0.1) is 0 Å². The summed E-state index contributed by atoms with van der Waals surface area (Å²) in [4.78, 5) is 27.3. The van der Waals surface area contributed by atoms with Gasteiger partial charge >= 0.3 is 0 Å². The average molecular weight is 265 g/mol. The van der Waals surface area contributed by atoms with E-state index in [2.05, 4.69) is 15.6 Å². The molecular formula is C13H19N3O3. The van der Waals surface area contributed by atoms with Gasteiger partial charge in [0.1, 0.15) is 12.6 Å². The molecule has 0 aliphatic heterocycles. The van der Waals surface area contributed by atoms with Gasteiger partial charge in [0, 0.05) is 32.5 Å². The summed E-state index contributed by atoms with van der Waals surface area (Å²) in [5, 5.41) is 5.36. The van der Waals surface area contributed by atoms with E-state index in [1.54, 1.807) is 12.4 Å². The second-order valence-corrected chi connectivity index (χ2v) is 4.01. The van der Waals surface area contributed by atoms with Crippen molar-refractivity contribution in [3.8, 4) is 0 Å². The van der Waals surface area contributed by atoms with Gasteiger partial charge in [0.15, 0.2) is 0 Å². The molecule has 0 spiro atoms. The highest BCUT2D eigenvalue weighted by atomic mass is 16.5. The Morgan fingerprint density at radius 1 is 1.37 bits per heavy atom. The third-order valence-corrected chi connectivity index (χ3v) is 2.47. The Bertz CT molecular complexity index is 409. The number of carbonyl (C=O) groups is 2. The lowest BCUT2D eigenvalue weighted by Crippen LogP contribution is -2.48. The minimum Gasteiger partial charge on any atom is -0.375 e. The van der Waals surface area contributed by atoms with Gasteiger partial charge in [-0.2, -0.15) is 0 Å². The van der Waals surface area contributed by atoms with Gasteiger partial charge in [-0.1, -0.05) is 0 Å². The summed E-state index contributed by atoms with van der Waals surface area (Å²) in [5.41, 5.74) is 0.934. The maximum absolute atomic E-state index is 11.9. The molecule has 1 atom stereocenters. The quantitative estimate of drug-likeness (QED) is 0.721. The number of hydrogen-bond donors (Lipinski definition) is 2. The minimum absolute atomic E-state index is 0.0632. The third kappa shape index (κ3) is 5.48. The predicted octanol–water partition coefficient (Wildman–Crippen LogP) is -0.109. The van der Waals surface area contributed by atoms with E-state index in [1.807, 2.05) is 19.1 Å². The molecule has 1 aromatic heterocycles. The summed E-state index contributed by atoms with van der Waals surface area (Å²) >= 11 is 0. The van der Waals surface area contributed by atoms with Crippen LogP contribution in [0.2, 0.25) is 0 Å². The summed E-state index contributed by atoms with van der Waals surface area (Å²) in [6.07, 6.45) is 3.73. The van der Waals surface area contributed by atoms with Crippen molar-refractivity contribution in [3.63, 3.8) is 0 Å². The fraction of sp³-hybridized carbons (Fsp3) is 0.462. The van der Waals surface area contributed by atoms with Gasteiger partial charge in [0.25, 0.3) is 0 Å². The Kier molecular flexibility index (Phi) is 6.52. The van der Waals surface area contributed by atoms with Crippen molar-refractivity contribution >= 4 is 11.8 Å². The Morgan fingerprint density at radius 3 is 2.63 bits per heavy atom. The molecule has 0 saturated carbocycles. The fourth-order valence-corrected chi connectivity index (χ4v) is 1.63. The molecule has 0 unspecified atom stereocenters. The first-order valence-electron chi connectivity index (χ1n) is 6.12. The zero-order chi connectivity index (χ0) is 14.1. The van der Waals surface area contributed by atoms with E-state index in [9.17, 15) is 9.59 Å². The van der Waals surface area contributed by atoms with Crippen molar-refractivity contribution in [1.29, 1.82) is 0 Å². The van der Waals surface area contributed by atoms with Crippen LogP contribution in [0, 0.1) is 0 Å². The minimum atomic E-state index is -0.606. The molecule has 0 radical (unpaired) electrons. The van der Waals surface area contributed by atoms with E-state index in [1.165, 1.54) is 7.11 Å². The summed E-state index contributed by atoms with van der Waals surface area (Å²) in [6.45, 7) is 2.29. The van der Waals surface area contributed by atoms with E-state index >= 15 is 0 Å². The largest absolute Gasteiger partial charge is 0.375 e. The molecule has 0 aliphatic rings. The molecule has 2 amide bonds. The van der Waals surface area contributed by atoms with Crippen LogP contribution in [-0.2, 0) is 20.7 Å². The molecule has 1 rings (SSSR count). The molecule has 1 aromatic rings. The number of amides is 2. The van der Waals surface area contributed by atoms with Crippen molar-refractivity contribution in [1.82, 2.24) is 15.6 Å². The van der Waals surface area contributed by atoms with E-state index in [4.69, 9.17) is 4.74 Å². The van der Waals surface area contributed by atoms with Gasteiger partial charge in [-0.15, -0.1) is 0 Å². The molecule has 6 nitrogen and oxygen atoms in total. The number of hydrogen-bond acceptors (Lipinski definition) is 4. The summed E-state index contributed by atoms with van der Waals surface area (Å²) in [7, 11) is 1.43. The molecular weight excluding hydrogens is 246 g/mol. The van der Waals surface area contributed by atoms with Crippen LogP contribution in [-0.4, -0.2) is 43.1 Å². The number of nitrogens with one attached hydrogen (secondary N) is 2. The van der Waals surface area contributed by atoms with Crippen LogP contribution in [0.1, 0.15) is 12.5 Å². The fourth-order valence-electron chi connectivity index (χ4n) is 1.63. The number of aromatic nitrogens is 1. The summed E-state index contributed by atoms with van der Waals surface area (Å²) < 4.78 is 4.74. The van der Waals surface area contributed by atoms with E-state index < -0.39 is 6.04 Å². The third-order valence-electron chi connectivity index (χ3n) is 2.47. The summed E-state index contributed by atoms with van der Waals surface area (Å²) in [5.74, 6) is -0.517. The monoisotopic (exact) mass is 265 g/mol. The number of ether oxygens (including phenoxy) is 1. The summed E-state index contributed by atoms with van der Waals surface area (Å²) in [6, 6.07) is 3.02. The normalized spacial score (nSPS) is 11.7. The van der Waals surface area contributed by atoms with E-state index in [-0.39, 0.29) is 18.4 Å². The zero-order valence-electron chi connectivity index (χ0n) is 11.2. The van der Waals surface area contributed by atoms with Gasteiger partial charge < -0.3 is 15.4 Å². The second-order valence-electron chi connectivity index (χ2n) is 4.01. The van der Waals surface area contributed by atoms with Crippen molar-refractivity contribution in [3.05, 3.63) is 30.1 Å². The molecule has 19 heavy (non-hydrogen) atoms. The highest BCUT2D eigenvalue weighted by Crippen LogP contribution is 2.02. The van der Waals surface area contributed by atoms with Crippen molar-refractivity contribution in [2.24, 2.45) is 0 Å². The molecule has 0 bridgehead atoms. The lowest BCUT2D eigenvalue weighted by atomic mass is 10.1.